The van der Waals surface area contributed by atoms with Crippen LogP contribution in [0.3, 0.4) is 0 Å². The van der Waals surface area contributed by atoms with Crippen LogP contribution in [0, 0.1) is 5.82 Å². The molecule has 21 heavy (non-hydrogen) atoms. The van der Waals surface area contributed by atoms with Crippen molar-refractivity contribution in [3.8, 4) is 5.75 Å². The molecule has 0 aliphatic heterocycles. The molecule has 0 aliphatic carbocycles. The minimum atomic E-state index is -1.06. The lowest BCUT2D eigenvalue weighted by atomic mass is 10.2. The Morgan fingerprint density at radius 1 is 1.24 bits per heavy atom. The van der Waals surface area contributed by atoms with Gasteiger partial charge in [-0.1, -0.05) is 35.9 Å². The first-order chi connectivity index (χ1) is 10.1. The van der Waals surface area contributed by atoms with E-state index in [1.54, 1.807) is 30.3 Å². The van der Waals surface area contributed by atoms with Crippen LogP contribution >= 0.6 is 11.6 Å². The second-order valence-electron chi connectivity index (χ2n) is 4.24. The van der Waals surface area contributed by atoms with Crippen LogP contribution in [0.1, 0.15) is 11.1 Å². The summed E-state index contributed by atoms with van der Waals surface area (Å²) >= 11 is 6.07. The van der Waals surface area contributed by atoms with Gasteiger partial charge in [0.1, 0.15) is 18.2 Å². The number of rotatable bonds is 5. The van der Waals surface area contributed by atoms with E-state index in [0.717, 1.165) is 11.6 Å². The largest absolute Gasteiger partial charge is 0.487 e. The van der Waals surface area contributed by atoms with Gasteiger partial charge < -0.3 is 9.84 Å². The summed E-state index contributed by atoms with van der Waals surface area (Å²) in [6.07, 6.45) is 2.42. The van der Waals surface area contributed by atoms with E-state index in [0.29, 0.717) is 16.3 Å². The third-order valence-corrected chi connectivity index (χ3v) is 3.00. The standard InChI is InChI=1S/C16H12ClFO3/c17-14-3-1-2-12(6-9-15(19)20)16(14)21-10-11-4-7-13(18)8-5-11/h1-9H,10H2,(H,19,20)/b9-6+. The third-order valence-electron chi connectivity index (χ3n) is 2.70. The molecule has 0 fully saturated rings. The van der Waals surface area contributed by atoms with E-state index in [4.69, 9.17) is 21.4 Å². The van der Waals surface area contributed by atoms with Crippen molar-refractivity contribution in [1.82, 2.24) is 0 Å². The second kappa shape index (κ2) is 6.90. The van der Waals surface area contributed by atoms with E-state index in [1.165, 1.54) is 18.2 Å². The summed E-state index contributed by atoms with van der Waals surface area (Å²) in [7, 11) is 0. The van der Waals surface area contributed by atoms with Crippen molar-refractivity contribution < 1.29 is 19.0 Å². The molecule has 3 nitrogen and oxygen atoms in total. The van der Waals surface area contributed by atoms with Gasteiger partial charge in [0, 0.05) is 11.6 Å². The molecule has 108 valence electrons. The van der Waals surface area contributed by atoms with Crippen molar-refractivity contribution in [3.05, 3.63) is 70.5 Å². The van der Waals surface area contributed by atoms with E-state index < -0.39 is 5.97 Å². The summed E-state index contributed by atoms with van der Waals surface area (Å²) in [6.45, 7) is 0.206. The van der Waals surface area contributed by atoms with Gasteiger partial charge in [-0.05, 0) is 29.8 Å². The molecular formula is C16H12ClFO3. The molecule has 2 rings (SSSR count). The first-order valence-corrected chi connectivity index (χ1v) is 6.51. The van der Waals surface area contributed by atoms with Gasteiger partial charge in [0.05, 0.1) is 5.02 Å². The van der Waals surface area contributed by atoms with Crippen LogP contribution in [0.25, 0.3) is 6.08 Å². The number of carboxylic acid groups (broad SMARTS) is 1. The molecule has 0 aliphatic rings. The highest BCUT2D eigenvalue weighted by molar-refractivity contribution is 6.32. The highest BCUT2D eigenvalue weighted by Gasteiger charge is 2.07. The van der Waals surface area contributed by atoms with Crippen LogP contribution < -0.4 is 4.74 Å². The zero-order valence-electron chi connectivity index (χ0n) is 10.9. The fourth-order valence-electron chi connectivity index (χ4n) is 1.71. The summed E-state index contributed by atoms with van der Waals surface area (Å²) < 4.78 is 18.5. The average Bonchev–Trinajstić information content (AvgIpc) is 2.46. The average molecular weight is 307 g/mol. The Hall–Kier alpha value is -2.33. The predicted molar refractivity (Wildman–Crippen MR) is 78.9 cm³/mol. The second-order valence-corrected chi connectivity index (χ2v) is 4.65. The number of hydrogen-bond acceptors (Lipinski definition) is 2. The number of carboxylic acids is 1. The maximum atomic E-state index is 12.8. The van der Waals surface area contributed by atoms with Crippen molar-refractivity contribution in [2.24, 2.45) is 0 Å². The molecule has 0 bridgehead atoms. The van der Waals surface area contributed by atoms with Crippen LogP contribution in [0.2, 0.25) is 5.02 Å². The van der Waals surface area contributed by atoms with Gasteiger partial charge in [-0.3, -0.25) is 0 Å². The number of halogens is 2. The number of ether oxygens (including phenoxy) is 1. The van der Waals surface area contributed by atoms with E-state index >= 15 is 0 Å². The maximum absolute atomic E-state index is 12.8. The monoisotopic (exact) mass is 306 g/mol. The zero-order valence-corrected chi connectivity index (χ0v) is 11.7. The Balaban J connectivity index is 2.18. The molecule has 0 amide bonds. The number of para-hydroxylation sites is 1. The van der Waals surface area contributed by atoms with Gasteiger partial charge in [-0.15, -0.1) is 0 Å². The van der Waals surface area contributed by atoms with Gasteiger partial charge in [0.15, 0.2) is 0 Å². The highest BCUT2D eigenvalue weighted by Crippen LogP contribution is 2.30. The molecule has 1 N–H and O–H groups in total. The Kier molecular flexibility index (Phi) is 4.95. The highest BCUT2D eigenvalue weighted by atomic mass is 35.5. The quantitative estimate of drug-likeness (QED) is 0.844. The lowest BCUT2D eigenvalue weighted by Gasteiger charge is -2.11. The van der Waals surface area contributed by atoms with Crippen molar-refractivity contribution in [2.75, 3.05) is 0 Å². The molecule has 0 atom stereocenters. The predicted octanol–water partition coefficient (Wildman–Crippen LogP) is 4.16. The van der Waals surface area contributed by atoms with Crippen molar-refractivity contribution >= 4 is 23.6 Å². The van der Waals surface area contributed by atoms with Crippen molar-refractivity contribution in [2.45, 2.75) is 6.61 Å². The van der Waals surface area contributed by atoms with Gasteiger partial charge in [0.25, 0.3) is 0 Å². The Morgan fingerprint density at radius 3 is 2.62 bits per heavy atom. The lowest BCUT2D eigenvalue weighted by molar-refractivity contribution is -0.131. The Labute approximate surface area is 126 Å². The number of carbonyl (C=O) groups is 1. The van der Waals surface area contributed by atoms with Crippen LogP contribution in [0.5, 0.6) is 5.75 Å². The van der Waals surface area contributed by atoms with E-state index in [9.17, 15) is 9.18 Å². The molecular weight excluding hydrogens is 295 g/mol. The molecule has 0 unspecified atom stereocenters. The first-order valence-electron chi connectivity index (χ1n) is 6.13. The summed E-state index contributed by atoms with van der Waals surface area (Å²) in [5.41, 5.74) is 1.34. The molecule has 0 saturated heterocycles. The molecule has 0 aromatic heterocycles. The molecule has 0 saturated carbocycles. The Bertz CT molecular complexity index is 666. The number of hydrogen-bond donors (Lipinski definition) is 1. The summed E-state index contributed by atoms with van der Waals surface area (Å²) in [5.74, 6) is -0.984. The Morgan fingerprint density at radius 2 is 1.95 bits per heavy atom. The van der Waals surface area contributed by atoms with Crippen LogP contribution in [-0.2, 0) is 11.4 Å². The van der Waals surface area contributed by atoms with Crippen LogP contribution in [-0.4, -0.2) is 11.1 Å². The SMILES string of the molecule is O=C(O)/C=C/c1cccc(Cl)c1OCc1ccc(F)cc1. The topological polar surface area (TPSA) is 46.5 Å². The fourth-order valence-corrected chi connectivity index (χ4v) is 1.94. The summed E-state index contributed by atoms with van der Waals surface area (Å²) in [5, 5.41) is 9.05. The van der Waals surface area contributed by atoms with Gasteiger partial charge in [-0.25, -0.2) is 9.18 Å². The van der Waals surface area contributed by atoms with Gasteiger partial charge in [-0.2, -0.15) is 0 Å². The summed E-state index contributed by atoms with van der Waals surface area (Å²) in [6, 6.07) is 11.0. The number of aliphatic carboxylic acids is 1. The molecule has 2 aromatic carbocycles. The first kappa shape index (κ1) is 15.1. The number of benzene rings is 2. The van der Waals surface area contributed by atoms with E-state index in [2.05, 4.69) is 0 Å². The van der Waals surface area contributed by atoms with E-state index in [-0.39, 0.29) is 12.4 Å². The van der Waals surface area contributed by atoms with Crippen molar-refractivity contribution in [1.29, 1.82) is 0 Å². The maximum Gasteiger partial charge on any atom is 0.328 e. The van der Waals surface area contributed by atoms with Gasteiger partial charge >= 0.3 is 5.97 Å². The normalized spacial score (nSPS) is 10.8. The zero-order chi connectivity index (χ0) is 15.2. The van der Waals surface area contributed by atoms with Gasteiger partial charge in [0.2, 0.25) is 0 Å². The lowest BCUT2D eigenvalue weighted by Crippen LogP contribution is -1.98. The third kappa shape index (κ3) is 4.33. The summed E-state index contributed by atoms with van der Waals surface area (Å²) in [4.78, 5) is 10.6. The molecule has 0 radical (unpaired) electrons. The molecule has 2 aromatic rings. The molecule has 5 heteroatoms. The minimum absolute atomic E-state index is 0.206. The fraction of sp³-hybridized carbons (Fsp3) is 0.0625. The molecule has 0 spiro atoms. The molecule has 0 heterocycles. The van der Waals surface area contributed by atoms with E-state index in [1.807, 2.05) is 0 Å². The van der Waals surface area contributed by atoms with Crippen LogP contribution in [0.15, 0.2) is 48.5 Å². The smallest absolute Gasteiger partial charge is 0.328 e. The van der Waals surface area contributed by atoms with Crippen LogP contribution in [0.4, 0.5) is 4.39 Å². The minimum Gasteiger partial charge on any atom is -0.487 e. The van der Waals surface area contributed by atoms with Crippen molar-refractivity contribution in [3.63, 3.8) is 0 Å².